The first kappa shape index (κ1) is 95.8. The fourth-order valence-electron chi connectivity index (χ4n) is 12.0. The monoisotopic (exact) mass is 1670 g/mol. The second kappa shape index (κ2) is 46.7. The highest BCUT2D eigenvalue weighted by Gasteiger charge is 2.41. The number of carbonyl (C=O) groups excluding carboxylic acids is 16. The number of ketones is 1. The number of carbonyl (C=O) groups is 20. The van der Waals surface area contributed by atoms with Gasteiger partial charge in [-0.3, -0.25) is 91.1 Å². The number of rotatable bonds is 32. The topological polar surface area (TPSA) is 702 Å². The van der Waals surface area contributed by atoms with Gasteiger partial charge < -0.3 is 122 Å². The molecule has 119 heavy (non-hydrogen) atoms. The summed E-state index contributed by atoms with van der Waals surface area (Å²) in [6.45, 7) is 2.71. The molecule has 1 fully saturated rings. The Morgan fingerprint density at radius 1 is 0.580 bits per heavy atom. The molecular weight excluding hydrogens is 1570 g/mol. The number of aliphatic hydroxyl groups excluding tert-OH is 1. The van der Waals surface area contributed by atoms with Crippen molar-refractivity contribution >= 4 is 140 Å². The molecule has 2 heterocycles. The molecule has 43 heteroatoms. The van der Waals surface area contributed by atoms with Gasteiger partial charge in [0.2, 0.25) is 82.7 Å². The lowest BCUT2D eigenvalue weighted by Gasteiger charge is -2.30. The van der Waals surface area contributed by atoms with Crippen molar-refractivity contribution in [2.75, 3.05) is 32.0 Å². The van der Waals surface area contributed by atoms with Crippen molar-refractivity contribution in [3.05, 3.63) is 107 Å². The van der Waals surface area contributed by atoms with Gasteiger partial charge >= 0.3 is 29.8 Å². The molecule has 1 aliphatic rings. The van der Waals surface area contributed by atoms with Gasteiger partial charge in [0, 0.05) is 47.3 Å². The molecule has 0 unspecified atom stereocenters. The highest BCUT2D eigenvalue weighted by atomic mass is 16.5. The van der Waals surface area contributed by atoms with Crippen LogP contribution in [0.1, 0.15) is 126 Å². The van der Waals surface area contributed by atoms with E-state index in [1.165, 1.54) is 30.3 Å². The number of nitrogen functional groups attached to an aromatic ring is 1. The number of cyclic esters (lactones) is 1. The number of H-pyrrole nitrogens is 1. The van der Waals surface area contributed by atoms with Gasteiger partial charge in [0.25, 0.3) is 0 Å². The van der Waals surface area contributed by atoms with E-state index in [1.54, 1.807) is 37.4 Å². The number of esters is 1. The fraction of sp³-hybridized carbons (Fsp3) is 0.447. The smallest absolute Gasteiger partial charge is 0.329 e. The normalized spacial score (nSPS) is 21.0. The Balaban J connectivity index is 1.61. The van der Waals surface area contributed by atoms with E-state index in [2.05, 4.69) is 65.1 Å². The summed E-state index contributed by atoms with van der Waals surface area (Å²) in [5.74, 6) is -30.2. The number of aromatic nitrogens is 1. The molecule has 43 nitrogen and oxygen atoms in total. The first-order valence-electron chi connectivity index (χ1n) is 37.5. The Kier molecular flexibility index (Phi) is 37.6. The lowest BCUT2D eigenvalue weighted by Crippen LogP contribution is -2.62. The van der Waals surface area contributed by atoms with Gasteiger partial charge in [0.15, 0.2) is 5.78 Å². The minimum Gasteiger partial charge on any atom is -0.481 e. The van der Waals surface area contributed by atoms with Gasteiger partial charge in [-0.2, -0.15) is 0 Å². The van der Waals surface area contributed by atoms with Crippen molar-refractivity contribution in [1.82, 2.24) is 74.1 Å². The standard InChI is InChI=1S/C76H99N17O26/c1-6-7-13-40-19-21-41(22-20-40)36(2)24-57(97)85-48(26-42-32-80-46-17-11-9-14-43(42)46)70(112)88-49(28-56(79)96)71(113)90-52(31-63(106)107)72(114)93-65-39(5)119-76(118)53(27-55(95)44-15-8-10-16-45(44)78)91-75(117)64(37(3)25-60(100)101)92-73(115)54(35-94)86-59(99)33-81-67(109)50(29-61(102)103)87-66(108)38(4)83-69(111)51(30-62(104)105)89-68(110)47(18-12-23-77)84-58(98)34-82-74(65)116/h8-11,14-17,19-22,24,32,37-39,47-54,64-65,80,94H,6-7,12-13,18,23,25-31,33-35,77-78H2,1-5H3,(H2,79,96)(H,81,109)(H,82,116)(H,83,111)(H,84,98)(H,85,97)(H,86,99)(H,87,108)(H,88,112)(H,89,110)(H,90,113)(H,91,117)(H,92,115)(H,93,114)(H,100,101)(H,102,103)(H,104,105)(H,106,107)/t37-,38-,39-,47+,48+,49-,50+,51+,52+,53+,54-,64+,65+/m1/s1. The summed E-state index contributed by atoms with van der Waals surface area (Å²) in [4.78, 5) is 277. The van der Waals surface area contributed by atoms with Crippen LogP contribution in [0.4, 0.5) is 5.69 Å². The summed E-state index contributed by atoms with van der Waals surface area (Å²) in [6.07, 6.45) is -4.54. The number of fused-ring (bicyclic) bond motifs is 1. The van der Waals surface area contributed by atoms with E-state index in [4.69, 9.17) is 21.9 Å². The number of benzene rings is 3. The number of aliphatic carboxylic acids is 4. The fourth-order valence-corrected chi connectivity index (χ4v) is 12.0. The Bertz CT molecular complexity index is 4470. The molecule has 14 amide bonds. The predicted molar refractivity (Wildman–Crippen MR) is 416 cm³/mol. The van der Waals surface area contributed by atoms with Crippen LogP contribution in [0.25, 0.3) is 16.5 Å². The Labute approximate surface area is 679 Å². The molecule has 0 saturated carbocycles. The van der Waals surface area contributed by atoms with Crippen molar-refractivity contribution in [2.45, 2.75) is 184 Å². The average molecular weight is 1670 g/mol. The van der Waals surface area contributed by atoms with Crippen LogP contribution in [0.5, 0.6) is 0 Å². The number of hydrogen-bond donors (Lipinski definition) is 22. The summed E-state index contributed by atoms with van der Waals surface area (Å²) in [7, 11) is 0. The van der Waals surface area contributed by atoms with Crippen LogP contribution in [0.2, 0.25) is 0 Å². The SMILES string of the molecule is CCCCc1ccc(C(C)=CC(=O)N[C@@H](Cc2c[nH]c3ccccc23)C(=O)N[C@H](CC(N)=O)C(=O)N[C@@H](CC(=O)O)C(=O)N[C@@H]2C(=O)NCC(=O)N[C@@H](CCCN)C(=O)N[C@@H](CC(=O)O)C(=O)N[C@H](C)C(=O)N[C@@H](CC(=O)O)C(=O)NCC(=O)N[C@H](CO)C(=O)N[C@@H]([C@H](C)CC(=O)O)C(=O)N[C@@H](CC(=O)c3ccccc3N)C(=O)O[C@@H]2C)cc1. The van der Waals surface area contributed by atoms with Crippen molar-refractivity contribution in [3.63, 3.8) is 0 Å². The Morgan fingerprint density at radius 2 is 1.13 bits per heavy atom. The molecule has 644 valence electrons. The Morgan fingerprint density at radius 3 is 1.73 bits per heavy atom. The molecule has 1 saturated heterocycles. The second-order valence-electron chi connectivity index (χ2n) is 27.9. The van der Waals surface area contributed by atoms with Crippen LogP contribution in [0.3, 0.4) is 0 Å². The highest BCUT2D eigenvalue weighted by Crippen LogP contribution is 2.22. The second-order valence-corrected chi connectivity index (χ2v) is 27.9. The zero-order valence-corrected chi connectivity index (χ0v) is 65.4. The van der Waals surface area contributed by atoms with Crippen LogP contribution in [-0.4, -0.2) is 248 Å². The number of allylic oxidation sites excluding steroid dienone is 1. The van der Waals surface area contributed by atoms with Gasteiger partial charge in [-0.25, -0.2) is 4.79 Å². The molecule has 0 spiro atoms. The minimum atomic E-state index is -2.47. The van der Waals surface area contributed by atoms with E-state index < -0.39 is 261 Å². The molecule has 4 aromatic rings. The third-order valence-corrected chi connectivity index (χ3v) is 18.4. The number of nitrogens with two attached hydrogens (primary N) is 3. The summed E-state index contributed by atoms with van der Waals surface area (Å²) >= 11 is 0. The van der Waals surface area contributed by atoms with Crippen LogP contribution in [0.15, 0.2) is 85.1 Å². The van der Waals surface area contributed by atoms with E-state index >= 15 is 0 Å². The van der Waals surface area contributed by atoms with Gasteiger partial charge in [-0.1, -0.05) is 74.9 Å². The van der Waals surface area contributed by atoms with E-state index in [1.807, 2.05) is 40.2 Å². The number of amides is 14. The number of anilines is 1. The number of aromatic amines is 1. The predicted octanol–water partition coefficient (Wildman–Crippen LogP) is -5.32. The zero-order valence-electron chi connectivity index (χ0n) is 65.4. The van der Waals surface area contributed by atoms with Crippen LogP contribution < -0.4 is 86.3 Å². The third-order valence-electron chi connectivity index (χ3n) is 18.4. The van der Waals surface area contributed by atoms with E-state index in [9.17, 15) is 121 Å². The first-order chi connectivity index (χ1) is 56.2. The summed E-state index contributed by atoms with van der Waals surface area (Å²) < 4.78 is 5.69. The molecule has 1 aliphatic heterocycles. The quantitative estimate of drug-likeness (QED) is 0.00940. The van der Waals surface area contributed by atoms with Crippen molar-refractivity contribution in [3.8, 4) is 0 Å². The lowest BCUT2D eigenvalue weighted by molar-refractivity contribution is -0.156. The van der Waals surface area contributed by atoms with Crippen molar-refractivity contribution in [2.24, 2.45) is 17.4 Å². The highest BCUT2D eigenvalue weighted by molar-refractivity contribution is 6.06. The molecule has 0 bridgehead atoms. The number of carboxylic acid groups (broad SMARTS) is 4. The van der Waals surface area contributed by atoms with Crippen LogP contribution >= 0.6 is 0 Å². The average Bonchev–Trinajstić information content (AvgIpc) is 1.77. The Hall–Kier alpha value is -13.7. The minimum absolute atomic E-state index is 0.0998. The number of Topliss-reactive ketones (excluding diaryl/α,β-unsaturated/α-hetero) is 1. The van der Waals surface area contributed by atoms with Crippen LogP contribution in [0, 0.1) is 5.92 Å². The molecule has 5 rings (SSSR count). The number of aliphatic hydroxyl groups is 1. The van der Waals surface area contributed by atoms with Gasteiger partial charge in [-0.05, 0) is 99.4 Å². The van der Waals surface area contributed by atoms with E-state index in [0.29, 0.717) is 27.6 Å². The summed E-state index contributed by atoms with van der Waals surface area (Å²) in [5.41, 5.74) is 20.2. The van der Waals surface area contributed by atoms with Gasteiger partial charge in [0.05, 0.1) is 51.8 Å². The number of unbranched alkanes of at least 4 members (excludes halogenated alkanes) is 1. The van der Waals surface area contributed by atoms with Crippen LogP contribution in [-0.2, 0) is 109 Å². The number of carboxylic acids is 4. The molecule has 1 aromatic heterocycles. The molecule has 0 radical (unpaired) electrons. The van der Waals surface area contributed by atoms with Gasteiger partial charge in [0.1, 0.15) is 72.6 Å². The van der Waals surface area contributed by atoms with E-state index in [0.717, 1.165) is 45.6 Å². The maximum atomic E-state index is 14.9. The number of hydrogen-bond acceptors (Lipinski definition) is 24. The number of nitrogens with one attached hydrogen (secondary N) is 14. The van der Waals surface area contributed by atoms with Crippen molar-refractivity contribution in [1.29, 1.82) is 0 Å². The number of para-hydroxylation sites is 2. The summed E-state index contributed by atoms with van der Waals surface area (Å²) in [6, 6.07) is -3.42. The molecule has 25 N–H and O–H groups in total. The molecular formula is C76H99N17O26. The maximum Gasteiger partial charge on any atom is 0.329 e. The number of primary amides is 1. The van der Waals surface area contributed by atoms with E-state index in [-0.39, 0.29) is 30.6 Å². The largest absolute Gasteiger partial charge is 0.481 e. The lowest BCUT2D eigenvalue weighted by atomic mass is 9.96. The maximum absolute atomic E-state index is 14.9. The molecule has 13 atom stereocenters. The van der Waals surface area contributed by atoms with Gasteiger partial charge in [-0.15, -0.1) is 0 Å². The first-order valence-corrected chi connectivity index (χ1v) is 37.5. The zero-order chi connectivity index (χ0) is 88.5. The van der Waals surface area contributed by atoms with Crippen molar-refractivity contribution < 1.29 is 126 Å². The number of ether oxygens (including phenoxy) is 1. The molecule has 0 aliphatic carbocycles. The summed E-state index contributed by atoms with van der Waals surface area (Å²) in [5, 5.41) is 78.7. The molecule has 3 aromatic carbocycles. The number of aryl methyl sites for hydroxylation is 1. The third kappa shape index (κ3) is 31.1.